The Morgan fingerprint density at radius 2 is 2.12 bits per heavy atom. The fraction of sp³-hybridized carbons (Fsp3) is 0.538. The normalized spacial score (nSPS) is 12.6. The van der Waals surface area contributed by atoms with E-state index in [4.69, 9.17) is 0 Å². The minimum absolute atomic E-state index is 0.400. The van der Waals surface area contributed by atoms with Crippen molar-refractivity contribution in [3.63, 3.8) is 0 Å². The Bertz CT molecular complexity index is 341. The van der Waals surface area contributed by atoms with Crippen LogP contribution in [0.15, 0.2) is 24.5 Å². The van der Waals surface area contributed by atoms with Crippen LogP contribution in [0.2, 0.25) is 0 Å². The summed E-state index contributed by atoms with van der Waals surface area (Å²) in [6.07, 6.45) is 6.12. The van der Waals surface area contributed by atoms with Crippen molar-refractivity contribution >= 4 is 5.97 Å². The van der Waals surface area contributed by atoms with E-state index in [0.717, 1.165) is 18.4 Å². The van der Waals surface area contributed by atoms with Crippen LogP contribution in [0, 0.1) is 0 Å². The molecule has 1 atom stereocenters. The van der Waals surface area contributed by atoms with Crippen molar-refractivity contribution in [3.05, 3.63) is 30.1 Å². The van der Waals surface area contributed by atoms with E-state index in [0.29, 0.717) is 13.0 Å². The molecule has 1 N–H and O–H groups in total. The third-order valence-corrected chi connectivity index (χ3v) is 2.83. The van der Waals surface area contributed by atoms with Gasteiger partial charge in [-0.15, -0.1) is 0 Å². The predicted molar refractivity (Wildman–Crippen MR) is 66.7 cm³/mol. The zero-order valence-electron chi connectivity index (χ0n) is 10.5. The second-order valence-corrected chi connectivity index (χ2v) is 4.27. The maximum Gasteiger partial charge on any atom is 0.320 e. The second kappa shape index (κ2) is 7.01. The molecule has 1 rings (SSSR count). The lowest BCUT2D eigenvalue weighted by atomic mass is 10.1. The topological polar surface area (TPSA) is 53.4 Å². The molecule has 4 heteroatoms. The number of likely N-dealkylation sites (N-methyl/N-ethyl adjacent to an activating group) is 1. The van der Waals surface area contributed by atoms with Crippen molar-refractivity contribution in [2.45, 2.75) is 38.8 Å². The van der Waals surface area contributed by atoms with Gasteiger partial charge in [-0.2, -0.15) is 0 Å². The Kier molecular flexibility index (Phi) is 5.63. The molecule has 0 aliphatic heterocycles. The van der Waals surface area contributed by atoms with Crippen LogP contribution in [-0.4, -0.2) is 34.0 Å². The Morgan fingerprint density at radius 1 is 1.47 bits per heavy atom. The number of hydrogen-bond donors (Lipinski definition) is 1. The Labute approximate surface area is 102 Å². The summed E-state index contributed by atoms with van der Waals surface area (Å²) in [6, 6.07) is 3.42. The van der Waals surface area contributed by atoms with Gasteiger partial charge in [0.2, 0.25) is 0 Å². The van der Waals surface area contributed by atoms with Gasteiger partial charge in [0.15, 0.2) is 0 Å². The van der Waals surface area contributed by atoms with Gasteiger partial charge in [-0.25, -0.2) is 0 Å². The SMILES string of the molecule is CCCCC(C(=O)O)N(C)Cc1ccncc1. The van der Waals surface area contributed by atoms with Crippen LogP contribution in [0.5, 0.6) is 0 Å². The summed E-state index contributed by atoms with van der Waals surface area (Å²) < 4.78 is 0. The molecule has 1 aromatic rings. The predicted octanol–water partition coefficient (Wildman–Crippen LogP) is 2.16. The van der Waals surface area contributed by atoms with Crippen LogP contribution in [0.4, 0.5) is 0 Å². The maximum atomic E-state index is 11.2. The average Bonchev–Trinajstić information content (AvgIpc) is 2.30. The van der Waals surface area contributed by atoms with Gasteiger partial charge in [-0.05, 0) is 31.2 Å². The van der Waals surface area contributed by atoms with Crippen molar-refractivity contribution < 1.29 is 9.90 Å². The summed E-state index contributed by atoms with van der Waals surface area (Å²) >= 11 is 0. The van der Waals surface area contributed by atoms with Gasteiger partial charge in [-0.1, -0.05) is 19.8 Å². The highest BCUT2D eigenvalue weighted by Gasteiger charge is 2.21. The molecule has 0 spiro atoms. The molecule has 0 radical (unpaired) electrons. The molecule has 0 saturated carbocycles. The first-order chi connectivity index (χ1) is 8.15. The molecular weight excluding hydrogens is 216 g/mol. The number of carboxylic acids is 1. The average molecular weight is 236 g/mol. The molecule has 0 aliphatic carbocycles. The minimum Gasteiger partial charge on any atom is -0.480 e. The highest BCUT2D eigenvalue weighted by Crippen LogP contribution is 2.11. The van der Waals surface area contributed by atoms with Gasteiger partial charge >= 0.3 is 5.97 Å². The van der Waals surface area contributed by atoms with E-state index in [1.54, 1.807) is 12.4 Å². The smallest absolute Gasteiger partial charge is 0.320 e. The van der Waals surface area contributed by atoms with Crippen LogP contribution < -0.4 is 0 Å². The molecule has 0 aliphatic rings. The molecule has 0 bridgehead atoms. The monoisotopic (exact) mass is 236 g/mol. The fourth-order valence-electron chi connectivity index (χ4n) is 1.82. The number of rotatable bonds is 7. The number of carboxylic acid groups (broad SMARTS) is 1. The van der Waals surface area contributed by atoms with Crippen LogP contribution in [0.25, 0.3) is 0 Å². The molecule has 1 unspecified atom stereocenters. The molecule has 4 nitrogen and oxygen atoms in total. The third kappa shape index (κ3) is 4.53. The lowest BCUT2D eigenvalue weighted by Gasteiger charge is -2.24. The zero-order chi connectivity index (χ0) is 12.7. The first-order valence-corrected chi connectivity index (χ1v) is 5.97. The molecule has 0 amide bonds. The second-order valence-electron chi connectivity index (χ2n) is 4.27. The van der Waals surface area contributed by atoms with E-state index in [1.165, 1.54) is 0 Å². The molecule has 1 heterocycles. The lowest BCUT2D eigenvalue weighted by molar-refractivity contribution is -0.143. The quantitative estimate of drug-likeness (QED) is 0.788. The van der Waals surface area contributed by atoms with E-state index in [1.807, 2.05) is 24.1 Å². The summed E-state index contributed by atoms with van der Waals surface area (Å²) in [6.45, 7) is 2.71. The van der Waals surface area contributed by atoms with Gasteiger partial charge in [-0.3, -0.25) is 14.7 Å². The zero-order valence-corrected chi connectivity index (χ0v) is 10.5. The summed E-state index contributed by atoms with van der Waals surface area (Å²) in [4.78, 5) is 17.0. The number of aromatic nitrogens is 1. The van der Waals surface area contributed by atoms with Crippen LogP contribution in [0.3, 0.4) is 0 Å². The van der Waals surface area contributed by atoms with Crippen molar-refractivity contribution in [1.29, 1.82) is 0 Å². The standard InChI is InChI=1S/C13H20N2O2/c1-3-4-5-12(13(16)17)15(2)10-11-6-8-14-9-7-11/h6-9,12H,3-5,10H2,1-2H3,(H,16,17). The van der Waals surface area contributed by atoms with E-state index in [9.17, 15) is 9.90 Å². The highest BCUT2D eigenvalue weighted by atomic mass is 16.4. The summed E-state index contributed by atoms with van der Waals surface area (Å²) in [5.74, 6) is -0.741. The molecule has 1 aromatic heterocycles. The molecule has 0 saturated heterocycles. The van der Waals surface area contributed by atoms with Crippen LogP contribution in [-0.2, 0) is 11.3 Å². The Morgan fingerprint density at radius 3 is 2.65 bits per heavy atom. The van der Waals surface area contributed by atoms with Gasteiger partial charge < -0.3 is 5.11 Å². The minimum atomic E-state index is -0.741. The van der Waals surface area contributed by atoms with Crippen molar-refractivity contribution in [2.75, 3.05) is 7.05 Å². The molecule has 0 fully saturated rings. The number of aliphatic carboxylic acids is 1. The molecule has 17 heavy (non-hydrogen) atoms. The van der Waals surface area contributed by atoms with Gasteiger partial charge in [0.1, 0.15) is 6.04 Å². The van der Waals surface area contributed by atoms with Crippen LogP contribution >= 0.6 is 0 Å². The van der Waals surface area contributed by atoms with Crippen LogP contribution in [0.1, 0.15) is 31.7 Å². The molecular formula is C13H20N2O2. The summed E-state index contributed by atoms with van der Waals surface area (Å²) in [5, 5.41) is 9.19. The highest BCUT2D eigenvalue weighted by molar-refractivity contribution is 5.73. The van der Waals surface area contributed by atoms with Gasteiger partial charge in [0.05, 0.1) is 0 Å². The third-order valence-electron chi connectivity index (χ3n) is 2.83. The number of hydrogen-bond acceptors (Lipinski definition) is 3. The first kappa shape index (κ1) is 13.6. The first-order valence-electron chi connectivity index (χ1n) is 5.97. The Hall–Kier alpha value is -1.42. The van der Waals surface area contributed by atoms with E-state index in [2.05, 4.69) is 11.9 Å². The van der Waals surface area contributed by atoms with Crippen molar-refractivity contribution in [3.8, 4) is 0 Å². The van der Waals surface area contributed by atoms with Crippen molar-refractivity contribution in [1.82, 2.24) is 9.88 Å². The maximum absolute atomic E-state index is 11.2. The van der Waals surface area contributed by atoms with E-state index < -0.39 is 12.0 Å². The largest absolute Gasteiger partial charge is 0.480 e. The van der Waals surface area contributed by atoms with Crippen molar-refractivity contribution in [2.24, 2.45) is 0 Å². The molecule has 0 aromatic carbocycles. The van der Waals surface area contributed by atoms with E-state index in [-0.39, 0.29) is 0 Å². The lowest BCUT2D eigenvalue weighted by Crippen LogP contribution is -2.37. The number of pyridine rings is 1. The number of nitrogens with zero attached hydrogens (tertiary/aromatic N) is 2. The summed E-state index contributed by atoms with van der Waals surface area (Å²) in [5.41, 5.74) is 1.09. The fourth-order valence-corrected chi connectivity index (χ4v) is 1.82. The number of carbonyl (C=O) groups is 1. The Balaban J connectivity index is 2.59. The van der Waals surface area contributed by atoms with E-state index >= 15 is 0 Å². The van der Waals surface area contributed by atoms with Gasteiger partial charge in [0.25, 0.3) is 0 Å². The molecule has 94 valence electrons. The summed E-state index contributed by atoms with van der Waals surface area (Å²) in [7, 11) is 1.86. The number of unbranched alkanes of at least 4 members (excludes halogenated alkanes) is 1. The van der Waals surface area contributed by atoms with Gasteiger partial charge in [0, 0.05) is 18.9 Å².